The van der Waals surface area contributed by atoms with Crippen LogP contribution in [0.5, 0.6) is 0 Å². The Labute approximate surface area is 158 Å². The highest BCUT2D eigenvalue weighted by atomic mass is 127. The summed E-state index contributed by atoms with van der Waals surface area (Å²) in [5.74, 6) is 0. The average Bonchev–Trinajstić information content (AvgIpc) is 2.54. The van der Waals surface area contributed by atoms with Gasteiger partial charge in [-0.1, -0.05) is 63.2 Å². The first-order valence-electron chi connectivity index (χ1n) is 7.54. The molecule has 0 atom stereocenters. The number of rotatable bonds is 5. The fraction of sp³-hybridized carbons (Fsp3) is 0.333. The van der Waals surface area contributed by atoms with Gasteiger partial charge in [-0.2, -0.15) is 0 Å². The molecule has 0 radical (unpaired) electrons. The summed E-state index contributed by atoms with van der Waals surface area (Å²) < 4.78 is 35.4. The van der Waals surface area contributed by atoms with E-state index in [2.05, 4.69) is 71.8 Å². The number of hydrogen-bond acceptors (Lipinski definition) is 4. The van der Waals surface area contributed by atoms with E-state index in [1.54, 1.807) is 30.3 Å². The average molecular weight is 461 g/mol. The second-order valence-corrected chi connectivity index (χ2v) is 8.20. The van der Waals surface area contributed by atoms with Gasteiger partial charge < -0.3 is 4.55 Å². The van der Waals surface area contributed by atoms with Crippen molar-refractivity contribution in [2.75, 3.05) is 0 Å². The van der Waals surface area contributed by atoms with Gasteiger partial charge in [0, 0.05) is 3.57 Å². The predicted octanol–water partition coefficient (Wildman–Crippen LogP) is 4.64. The largest absolute Gasteiger partial charge is 0.726 e. The van der Waals surface area contributed by atoms with Gasteiger partial charge in [0.05, 0.1) is 6.61 Å². The highest BCUT2D eigenvalue weighted by molar-refractivity contribution is 14.1. The topological polar surface area (TPSA) is 66.4 Å². The van der Waals surface area contributed by atoms with Gasteiger partial charge in [-0.3, -0.25) is 4.18 Å². The third kappa shape index (κ3) is 8.23. The molecule has 2 aromatic rings. The lowest BCUT2D eigenvalue weighted by Gasteiger charge is -2.23. The molecule has 0 saturated carbocycles. The SMILES string of the molecule is CCC(C)(C)c1ccc(I)cc1.O=S(=O)([O-])OCc1ccccc1. The van der Waals surface area contributed by atoms with E-state index >= 15 is 0 Å². The van der Waals surface area contributed by atoms with Crippen LogP contribution in [0.3, 0.4) is 0 Å². The fourth-order valence-corrected chi connectivity index (χ4v) is 2.46. The summed E-state index contributed by atoms with van der Waals surface area (Å²) >= 11 is 2.34. The molecule has 0 aliphatic heterocycles. The number of benzene rings is 2. The van der Waals surface area contributed by atoms with Crippen molar-refractivity contribution >= 4 is 33.0 Å². The lowest BCUT2D eigenvalue weighted by atomic mass is 9.82. The van der Waals surface area contributed by atoms with Gasteiger partial charge in [0.1, 0.15) is 0 Å². The van der Waals surface area contributed by atoms with Crippen LogP contribution in [-0.2, 0) is 26.6 Å². The smallest absolute Gasteiger partial charge is 0.217 e. The maximum absolute atomic E-state index is 10.0. The van der Waals surface area contributed by atoms with Crippen molar-refractivity contribution in [2.24, 2.45) is 0 Å². The van der Waals surface area contributed by atoms with Crippen LogP contribution >= 0.6 is 22.6 Å². The summed E-state index contributed by atoms with van der Waals surface area (Å²) in [6.07, 6.45) is 1.19. The van der Waals surface area contributed by atoms with Gasteiger partial charge in [0.25, 0.3) is 0 Å². The molecule has 0 fully saturated rings. The Hall–Kier alpha value is -0.960. The molecule has 0 spiro atoms. The number of hydrogen-bond donors (Lipinski definition) is 0. The molecular formula is C18H22IO4S-. The van der Waals surface area contributed by atoms with Gasteiger partial charge in [0.15, 0.2) is 0 Å². The minimum Gasteiger partial charge on any atom is -0.726 e. The van der Waals surface area contributed by atoms with E-state index in [-0.39, 0.29) is 6.61 Å². The Bertz CT molecular complexity index is 710. The molecule has 0 amide bonds. The molecule has 0 unspecified atom stereocenters. The van der Waals surface area contributed by atoms with Crippen LogP contribution < -0.4 is 0 Å². The molecule has 2 aromatic carbocycles. The lowest BCUT2D eigenvalue weighted by Crippen LogP contribution is -2.14. The number of halogens is 1. The molecule has 0 saturated heterocycles. The second-order valence-electron chi connectivity index (χ2n) is 5.90. The lowest BCUT2D eigenvalue weighted by molar-refractivity contribution is 0.253. The predicted molar refractivity (Wildman–Crippen MR) is 103 cm³/mol. The highest BCUT2D eigenvalue weighted by Crippen LogP contribution is 2.26. The zero-order valence-corrected chi connectivity index (χ0v) is 17.0. The van der Waals surface area contributed by atoms with Crippen molar-refractivity contribution < 1.29 is 17.2 Å². The van der Waals surface area contributed by atoms with E-state index in [9.17, 15) is 13.0 Å². The Balaban J connectivity index is 0.000000240. The summed E-state index contributed by atoms with van der Waals surface area (Å²) in [6, 6.07) is 17.4. The van der Waals surface area contributed by atoms with Crippen LogP contribution in [0.1, 0.15) is 38.3 Å². The minimum absolute atomic E-state index is 0.202. The summed E-state index contributed by atoms with van der Waals surface area (Å²) in [7, 11) is -4.57. The van der Waals surface area contributed by atoms with Crippen molar-refractivity contribution in [3.05, 3.63) is 69.3 Å². The molecule has 4 nitrogen and oxygen atoms in total. The Morgan fingerprint density at radius 2 is 1.58 bits per heavy atom. The molecule has 0 heterocycles. The second kappa shape index (κ2) is 9.50. The molecule has 0 bridgehead atoms. The first-order valence-corrected chi connectivity index (χ1v) is 9.95. The quantitative estimate of drug-likeness (QED) is 0.370. The maximum atomic E-state index is 10.0. The van der Waals surface area contributed by atoms with Crippen LogP contribution in [0.4, 0.5) is 0 Å². The van der Waals surface area contributed by atoms with Crippen LogP contribution in [0, 0.1) is 3.57 Å². The molecule has 24 heavy (non-hydrogen) atoms. The third-order valence-corrected chi connectivity index (χ3v) is 4.85. The molecule has 0 aliphatic rings. The van der Waals surface area contributed by atoms with E-state index in [1.807, 2.05) is 0 Å². The molecule has 0 aromatic heterocycles. The van der Waals surface area contributed by atoms with Crippen molar-refractivity contribution in [2.45, 2.75) is 39.2 Å². The third-order valence-electron chi connectivity index (χ3n) is 3.72. The minimum atomic E-state index is -4.57. The van der Waals surface area contributed by atoms with E-state index in [0.717, 1.165) is 0 Å². The molecule has 0 N–H and O–H groups in total. The van der Waals surface area contributed by atoms with Crippen LogP contribution in [-0.4, -0.2) is 13.0 Å². The van der Waals surface area contributed by atoms with Crippen LogP contribution in [0.2, 0.25) is 0 Å². The zero-order chi connectivity index (χ0) is 18.2. The molecule has 0 aliphatic carbocycles. The standard InChI is InChI=1S/C11H15I.C7H8O4S/c1-4-11(2,3)9-5-7-10(12)8-6-9;8-12(9,10)11-6-7-4-2-1-3-5-7/h5-8H,4H2,1-3H3;1-5H,6H2,(H,8,9,10)/p-1. The van der Waals surface area contributed by atoms with Crippen molar-refractivity contribution in [1.29, 1.82) is 0 Å². The van der Waals surface area contributed by atoms with E-state index in [4.69, 9.17) is 0 Å². The van der Waals surface area contributed by atoms with E-state index in [1.165, 1.54) is 15.6 Å². The van der Waals surface area contributed by atoms with Crippen molar-refractivity contribution in [3.63, 3.8) is 0 Å². The molecule has 132 valence electrons. The highest BCUT2D eigenvalue weighted by Gasteiger charge is 2.16. The first kappa shape index (κ1) is 21.1. The van der Waals surface area contributed by atoms with E-state index < -0.39 is 10.4 Å². The van der Waals surface area contributed by atoms with E-state index in [0.29, 0.717) is 11.0 Å². The maximum Gasteiger partial charge on any atom is 0.217 e. The van der Waals surface area contributed by atoms with Gasteiger partial charge in [-0.25, -0.2) is 8.42 Å². The summed E-state index contributed by atoms with van der Waals surface area (Å²) in [5.41, 5.74) is 2.41. The Morgan fingerprint density at radius 1 is 1.04 bits per heavy atom. The van der Waals surface area contributed by atoms with Gasteiger partial charge in [-0.05, 0) is 57.7 Å². The Morgan fingerprint density at radius 3 is 2.04 bits per heavy atom. The van der Waals surface area contributed by atoms with Gasteiger partial charge >= 0.3 is 0 Å². The fourth-order valence-electron chi connectivity index (χ4n) is 1.82. The summed E-state index contributed by atoms with van der Waals surface area (Å²) in [5, 5.41) is 0. The monoisotopic (exact) mass is 461 g/mol. The summed E-state index contributed by atoms with van der Waals surface area (Å²) in [6.45, 7) is 6.61. The molecular weight excluding hydrogens is 439 g/mol. The Kier molecular flexibility index (Phi) is 8.35. The van der Waals surface area contributed by atoms with Crippen LogP contribution in [0.25, 0.3) is 0 Å². The van der Waals surface area contributed by atoms with Crippen molar-refractivity contribution in [3.8, 4) is 0 Å². The normalized spacial score (nSPS) is 11.5. The van der Waals surface area contributed by atoms with Crippen LogP contribution in [0.15, 0.2) is 54.6 Å². The van der Waals surface area contributed by atoms with Crippen molar-refractivity contribution in [1.82, 2.24) is 0 Å². The molecule has 2 rings (SSSR count). The zero-order valence-electron chi connectivity index (χ0n) is 14.0. The summed E-state index contributed by atoms with van der Waals surface area (Å²) in [4.78, 5) is 0. The molecule has 6 heteroatoms. The van der Waals surface area contributed by atoms with Gasteiger partial charge in [-0.15, -0.1) is 0 Å². The first-order chi connectivity index (χ1) is 11.1. The van der Waals surface area contributed by atoms with Gasteiger partial charge in [0.2, 0.25) is 10.4 Å².